The zero-order valence-electron chi connectivity index (χ0n) is 13.8. The maximum Gasteiger partial charge on any atom is 0.261 e. The van der Waals surface area contributed by atoms with Crippen LogP contribution in [0.15, 0.2) is 23.0 Å². The van der Waals surface area contributed by atoms with Crippen LogP contribution in [0.25, 0.3) is 10.9 Å². The van der Waals surface area contributed by atoms with Crippen LogP contribution in [0, 0.1) is 6.92 Å². The molecule has 1 amide bonds. The quantitative estimate of drug-likeness (QED) is 0.763. The molecule has 0 spiro atoms. The van der Waals surface area contributed by atoms with Gasteiger partial charge in [0.2, 0.25) is 5.13 Å². The average Bonchev–Trinajstić information content (AvgIpc) is 2.86. The van der Waals surface area contributed by atoms with Crippen molar-refractivity contribution in [2.75, 3.05) is 5.32 Å². The Labute approximate surface area is 147 Å². The minimum absolute atomic E-state index is 0.0198. The van der Waals surface area contributed by atoms with Crippen LogP contribution in [-0.4, -0.2) is 25.7 Å². The molecule has 0 radical (unpaired) electrons. The van der Waals surface area contributed by atoms with Gasteiger partial charge in [0.05, 0.1) is 10.9 Å². The highest BCUT2D eigenvalue weighted by molar-refractivity contribution is 7.15. The molecule has 0 saturated carbocycles. The summed E-state index contributed by atoms with van der Waals surface area (Å²) < 4.78 is 1.78. The second-order valence-electron chi connectivity index (χ2n) is 6.11. The van der Waals surface area contributed by atoms with Gasteiger partial charge in [-0.05, 0) is 38.0 Å². The molecule has 2 aromatic heterocycles. The molecule has 1 aromatic carbocycles. The maximum absolute atomic E-state index is 12.7. The number of benzene rings is 1. The molecule has 1 aliphatic rings. The summed E-state index contributed by atoms with van der Waals surface area (Å²) in [7, 11) is 0. The molecule has 0 atom stereocenters. The Hall–Kier alpha value is -2.61. The summed E-state index contributed by atoms with van der Waals surface area (Å²) in [6.07, 6.45) is 3.94. The first-order valence-corrected chi connectivity index (χ1v) is 9.08. The van der Waals surface area contributed by atoms with Gasteiger partial charge in [-0.25, -0.2) is 4.98 Å². The van der Waals surface area contributed by atoms with Gasteiger partial charge < -0.3 is 0 Å². The number of amides is 1. The third kappa shape index (κ3) is 3.05. The molecular weight excluding hydrogens is 338 g/mol. The van der Waals surface area contributed by atoms with Crippen LogP contribution in [0.2, 0.25) is 0 Å². The number of anilines is 1. The van der Waals surface area contributed by atoms with E-state index >= 15 is 0 Å². The fourth-order valence-electron chi connectivity index (χ4n) is 3.08. The molecule has 0 unspecified atom stereocenters. The average molecular weight is 355 g/mol. The molecule has 25 heavy (non-hydrogen) atoms. The summed E-state index contributed by atoms with van der Waals surface area (Å²) in [6.45, 7) is 2.54. The van der Waals surface area contributed by atoms with Crippen LogP contribution in [0.3, 0.4) is 0 Å². The van der Waals surface area contributed by atoms with Crippen molar-refractivity contribution in [2.24, 2.45) is 0 Å². The van der Waals surface area contributed by atoms with Crippen molar-refractivity contribution < 1.29 is 4.79 Å². The Kier molecular flexibility index (Phi) is 4.04. The van der Waals surface area contributed by atoms with E-state index in [0.29, 0.717) is 21.6 Å². The van der Waals surface area contributed by atoms with Crippen LogP contribution in [0.1, 0.15) is 40.5 Å². The first-order chi connectivity index (χ1) is 12.1. The van der Waals surface area contributed by atoms with Crippen molar-refractivity contribution in [3.05, 3.63) is 44.9 Å². The van der Waals surface area contributed by atoms with Crippen LogP contribution in [0.5, 0.6) is 0 Å². The topological polar surface area (TPSA) is 89.8 Å². The number of rotatable bonds is 2. The monoisotopic (exact) mass is 355 g/mol. The number of aromatic nitrogens is 4. The van der Waals surface area contributed by atoms with Gasteiger partial charge in [-0.2, -0.15) is 0 Å². The normalized spacial score (nSPS) is 14.1. The minimum atomic E-state index is -0.283. The van der Waals surface area contributed by atoms with Gasteiger partial charge in [0.25, 0.3) is 11.5 Å². The van der Waals surface area contributed by atoms with E-state index in [0.717, 1.165) is 43.1 Å². The molecular formula is C17H17N5O2S. The van der Waals surface area contributed by atoms with Gasteiger partial charge in [0.1, 0.15) is 10.8 Å². The van der Waals surface area contributed by atoms with E-state index in [4.69, 9.17) is 0 Å². The predicted molar refractivity (Wildman–Crippen MR) is 96.2 cm³/mol. The summed E-state index contributed by atoms with van der Waals surface area (Å²) in [5, 5.41) is 12.3. The fourth-order valence-corrected chi connectivity index (χ4v) is 3.66. The van der Waals surface area contributed by atoms with E-state index in [2.05, 4.69) is 20.5 Å². The molecule has 0 aliphatic carbocycles. The lowest BCUT2D eigenvalue weighted by Crippen LogP contribution is -2.24. The smallest absolute Gasteiger partial charge is 0.261 e. The second kappa shape index (κ2) is 6.36. The lowest BCUT2D eigenvalue weighted by atomic mass is 10.1. The number of nitrogens with one attached hydrogen (secondary N) is 1. The van der Waals surface area contributed by atoms with Crippen molar-refractivity contribution in [2.45, 2.75) is 39.2 Å². The Morgan fingerprint density at radius 1 is 1.24 bits per heavy atom. The van der Waals surface area contributed by atoms with E-state index in [-0.39, 0.29) is 11.5 Å². The number of nitrogens with zero attached hydrogens (tertiary/aromatic N) is 4. The predicted octanol–water partition coefficient (Wildman–Crippen LogP) is 2.54. The molecule has 0 bridgehead atoms. The number of hydrogen-bond donors (Lipinski definition) is 1. The summed E-state index contributed by atoms with van der Waals surface area (Å²) in [5.74, 6) is 0.530. The molecule has 3 heterocycles. The van der Waals surface area contributed by atoms with Crippen LogP contribution in [-0.2, 0) is 13.0 Å². The maximum atomic E-state index is 12.7. The highest BCUT2D eigenvalue weighted by Gasteiger charge is 2.16. The number of carbonyl (C=O) groups excluding carboxylic acids is 1. The van der Waals surface area contributed by atoms with Crippen LogP contribution < -0.4 is 10.9 Å². The molecule has 1 N–H and O–H groups in total. The van der Waals surface area contributed by atoms with Crippen molar-refractivity contribution in [3.63, 3.8) is 0 Å². The van der Waals surface area contributed by atoms with Gasteiger partial charge >= 0.3 is 0 Å². The summed E-state index contributed by atoms with van der Waals surface area (Å²) in [6, 6.07) is 5.01. The number of hydrogen-bond acceptors (Lipinski definition) is 6. The van der Waals surface area contributed by atoms with E-state index in [1.165, 1.54) is 11.3 Å². The molecule has 3 aromatic rings. The fraction of sp³-hybridized carbons (Fsp3) is 0.353. The zero-order valence-corrected chi connectivity index (χ0v) is 14.6. The molecule has 8 heteroatoms. The third-order valence-corrected chi connectivity index (χ3v) is 5.08. The molecule has 0 fully saturated rings. The van der Waals surface area contributed by atoms with Crippen molar-refractivity contribution in [1.29, 1.82) is 0 Å². The van der Waals surface area contributed by atoms with E-state index < -0.39 is 0 Å². The molecule has 0 saturated heterocycles. The first kappa shape index (κ1) is 15.9. The van der Waals surface area contributed by atoms with Gasteiger partial charge in [0, 0.05) is 18.5 Å². The molecule has 128 valence electrons. The Morgan fingerprint density at radius 3 is 2.92 bits per heavy atom. The Balaban J connectivity index is 1.72. The SMILES string of the molecule is Cc1nnc(NC(=O)c2ccc3c(=O)n4c(nc3c2)CCCCC4)s1. The largest absolute Gasteiger partial charge is 0.296 e. The Bertz CT molecular complexity index is 1020. The van der Waals surface area contributed by atoms with E-state index in [9.17, 15) is 9.59 Å². The first-order valence-electron chi connectivity index (χ1n) is 8.27. The number of carbonyl (C=O) groups is 1. The lowest BCUT2D eigenvalue weighted by molar-refractivity contribution is 0.102. The van der Waals surface area contributed by atoms with Crippen molar-refractivity contribution in [3.8, 4) is 0 Å². The van der Waals surface area contributed by atoms with Gasteiger partial charge in [-0.1, -0.05) is 17.8 Å². The number of aryl methyl sites for hydroxylation is 2. The van der Waals surface area contributed by atoms with E-state index in [1.54, 1.807) is 22.8 Å². The Morgan fingerprint density at radius 2 is 2.12 bits per heavy atom. The highest BCUT2D eigenvalue weighted by Crippen LogP contribution is 2.18. The summed E-state index contributed by atoms with van der Waals surface area (Å²) >= 11 is 1.31. The van der Waals surface area contributed by atoms with Crippen LogP contribution >= 0.6 is 11.3 Å². The zero-order chi connectivity index (χ0) is 17.4. The van der Waals surface area contributed by atoms with Crippen molar-refractivity contribution in [1.82, 2.24) is 19.7 Å². The second-order valence-corrected chi connectivity index (χ2v) is 7.29. The lowest BCUT2D eigenvalue weighted by Gasteiger charge is -2.10. The van der Waals surface area contributed by atoms with Gasteiger partial charge in [-0.3, -0.25) is 19.5 Å². The number of fused-ring (bicyclic) bond motifs is 2. The minimum Gasteiger partial charge on any atom is -0.296 e. The highest BCUT2D eigenvalue weighted by atomic mass is 32.1. The molecule has 1 aliphatic heterocycles. The third-order valence-electron chi connectivity index (χ3n) is 4.33. The summed E-state index contributed by atoms with van der Waals surface area (Å²) in [4.78, 5) is 29.8. The van der Waals surface area contributed by atoms with Gasteiger partial charge in [0.15, 0.2) is 0 Å². The van der Waals surface area contributed by atoms with Crippen molar-refractivity contribution >= 4 is 33.3 Å². The summed E-state index contributed by atoms with van der Waals surface area (Å²) in [5.41, 5.74) is 0.999. The molecule has 4 rings (SSSR count). The van der Waals surface area contributed by atoms with E-state index in [1.807, 2.05) is 6.92 Å². The van der Waals surface area contributed by atoms with Crippen LogP contribution in [0.4, 0.5) is 5.13 Å². The standard InChI is InChI=1S/C17H17N5O2S/c1-10-20-21-17(25-10)19-15(23)11-6-7-12-13(9-11)18-14-5-3-2-4-8-22(14)16(12)24/h6-7,9H,2-5,8H2,1H3,(H,19,21,23). The molecule has 7 nitrogen and oxygen atoms in total. The van der Waals surface area contributed by atoms with Gasteiger partial charge in [-0.15, -0.1) is 10.2 Å².